The Morgan fingerprint density at radius 3 is 2.71 bits per heavy atom. The minimum Gasteiger partial charge on any atom is -0.365 e. The molecule has 9 heteroatoms. The molecule has 0 aromatic heterocycles. The van der Waals surface area contributed by atoms with Gasteiger partial charge in [0.15, 0.2) is 0 Å². The largest absolute Gasteiger partial charge is 0.393 e. The van der Waals surface area contributed by atoms with Gasteiger partial charge in [-0.15, -0.1) is 0 Å². The number of para-hydroxylation sites is 1. The number of alkyl halides is 3. The molecule has 6 nitrogen and oxygen atoms in total. The van der Waals surface area contributed by atoms with Crippen LogP contribution >= 0.6 is 0 Å². The molecule has 0 saturated carbocycles. The predicted molar refractivity (Wildman–Crippen MR) is 71.9 cm³/mol. The standard InChI is InChI=1S/C12H15F3N4O2/c13-12(14,15)8-3-2-6-18(7-8)10-5-1-4-9(17-16)11(10)19(20)21/h1,4-5,8,17H,2-3,6-7,16H2. The summed E-state index contributed by atoms with van der Waals surface area (Å²) in [6, 6.07) is 4.37. The van der Waals surface area contributed by atoms with E-state index in [2.05, 4.69) is 5.43 Å². The molecule has 1 aliphatic rings. The monoisotopic (exact) mass is 304 g/mol. The Morgan fingerprint density at radius 2 is 2.14 bits per heavy atom. The van der Waals surface area contributed by atoms with Gasteiger partial charge in [-0.25, -0.2) is 0 Å². The molecule has 1 aliphatic heterocycles. The molecule has 1 unspecified atom stereocenters. The maximum atomic E-state index is 12.8. The average Bonchev–Trinajstić information content (AvgIpc) is 2.45. The highest BCUT2D eigenvalue weighted by molar-refractivity contribution is 5.76. The number of halogens is 3. The van der Waals surface area contributed by atoms with E-state index in [4.69, 9.17) is 5.84 Å². The lowest BCUT2D eigenvalue weighted by Crippen LogP contribution is -2.42. The van der Waals surface area contributed by atoms with E-state index < -0.39 is 17.0 Å². The smallest absolute Gasteiger partial charge is 0.365 e. The fourth-order valence-corrected chi connectivity index (χ4v) is 2.56. The molecule has 0 aliphatic carbocycles. The maximum absolute atomic E-state index is 12.8. The molecule has 3 N–H and O–H groups in total. The van der Waals surface area contributed by atoms with Crippen molar-refractivity contribution >= 4 is 17.1 Å². The summed E-state index contributed by atoms with van der Waals surface area (Å²) in [6.07, 6.45) is -3.92. The van der Waals surface area contributed by atoms with Crippen LogP contribution in [0.5, 0.6) is 0 Å². The Hall–Kier alpha value is -2.03. The number of rotatable bonds is 3. The van der Waals surface area contributed by atoms with Crippen LogP contribution in [-0.2, 0) is 0 Å². The van der Waals surface area contributed by atoms with Crippen LogP contribution in [0.25, 0.3) is 0 Å². The SMILES string of the molecule is NNc1cccc(N2CCCC(C(F)(F)F)C2)c1[N+](=O)[O-]. The van der Waals surface area contributed by atoms with Crippen LogP contribution in [0, 0.1) is 16.0 Å². The summed E-state index contributed by atoms with van der Waals surface area (Å²) < 4.78 is 38.5. The van der Waals surface area contributed by atoms with Crippen molar-refractivity contribution in [2.24, 2.45) is 11.8 Å². The number of piperidine rings is 1. The number of hydrogen-bond donors (Lipinski definition) is 2. The molecule has 0 bridgehead atoms. The number of hydrazine groups is 1. The summed E-state index contributed by atoms with van der Waals surface area (Å²) in [5.74, 6) is 3.76. The molecule has 1 saturated heterocycles. The van der Waals surface area contributed by atoms with E-state index >= 15 is 0 Å². The molecular formula is C12H15F3N4O2. The second kappa shape index (κ2) is 5.76. The number of nitrogen functional groups attached to an aromatic ring is 1. The van der Waals surface area contributed by atoms with Gasteiger partial charge < -0.3 is 10.3 Å². The Morgan fingerprint density at radius 1 is 1.43 bits per heavy atom. The molecule has 21 heavy (non-hydrogen) atoms. The van der Waals surface area contributed by atoms with Gasteiger partial charge in [0.2, 0.25) is 0 Å². The van der Waals surface area contributed by atoms with Gasteiger partial charge in [-0.2, -0.15) is 13.2 Å². The second-order valence-electron chi connectivity index (χ2n) is 4.90. The van der Waals surface area contributed by atoms with Crippen LogP contribution < -0.4 is 16.2 Å². The molecule has 1 atom stereocenters. The topological polar surface area (TPSA) is 84.4 Å². The van der Waals surface area contributed by atoms with Gasteiger partial charge in [0.05, 0.1) is 10.8 Å². The summed E-state index contributed by atoms with van der Waals surface area (Å²) in [5, 5.41) is 11.2. The van der Waals surface area contributed by atoms with Gasteiger partial charge in [0.1, 0.15) is 11.4 Å². The van der Waals surface area contributed by atoms with Crippen molar-refractivity contribution in [3.63, 3.8) is 0 Å². The summed E-state index contributed by atoms with van der Waals surface area (Å²) in [4.78, 5) is 11.9. The first kappa shape index (κ1) is 15.4. The summed E-state index contributed by atoms with van der Waals surface area (Å²) in [6.45, 7) is 0.0693. The number of nitrogens with zero attached hydrogens (tertiary/aromatic N) is 2. The highest BCUT2D eigenvalue weighted by atomic mass is 19.4. The lowest BCUT2D eigenvalue weighted by Gasteiger charge is -2.35. The zero-order chi connectivity index (χ0) is 15.6. The van der Waals surface area contributed by atoms with Crippen LogP contribution in [0.3, 0.4) is 0 Å². The minimum absolute atomic E-state index is 0.0443. The van der Waals surface area contributed by atoms with Crippen LogP contribution in [0.2, 0.25) is 0 Å². The van der Waals surface area contributed by atoms with Crippen molar-refractivity contribution in [2.75, 3.05) is 23.4 Å². The molecular weight excluding hydrogens is 289 g/mol. The third kappa shape index (κ3) is 3.18. The first-order chi connectivity index (χ1) is 9.84. The average molecular weight is 304 g/mol. The third-order valence-electron chi connectivity index (χ3n) is 3.58. The van der Waals surface area contributed by atoms with Gasteiger partial charge in [-0.3, -0.25) is 16.0 Å². The van der Waals surface area contributed by atoms with E-state index in [1.165, 1.54) is 23.1 Å². The van der Waals surface area contributed by atoms with E-state index in [9.17, 15) is 23.3 Å². The van der Waals surface area contributed by atoms with Crippen molar-refractivity contribution in [3.05, 3.63) is 28.3 Å². The number of nitro groups is 1. The van der Waals surface area contributed by atoms with E-state index in [1.54, 1.807) is 0 Å². The zero-order valence-corrected chi connectivity index (χ0v) is 11.1. The molecule has 116 valence electrons. The molecule has 1 aromatic rings. The molecule has 0 spiro atoms. The van der Waals surface area contributed by atoms with Crippen molar-refractivity contribution < 1.29 is 18.1 Å². The van der Waals surface area contributed by atoms with E-state index in [0.717, 1.165) is 0 Å². The molecule has 2 rings (SSSR count). The van der Waals surface area contributed by atoms with E-state index in [-0.39, 0.29) is 30.0 Å². The van der Waals surface area contributed by atoms with Gasteiger partial charge in [0.25, 0.3) is 0 Å². The number of hydrogen-bond acceptors (Lipinski definition) is 5. The molecule has 1 heterocycles. The van der Waals surface area contributed by atoms with Crippen molar-refractivity contribution in [3.8, 4) is 0 Å². The second-order valence-corrected chi connectivity index (χ2v) is 4.90. The van der Waals surface area contributed by atoms with Gasteiger partial charge in [0, 0.05) is 13.1 Å². The number of nitrogens with two attached hydrogens (primary N) is 1. The molecule has 0 amide bonds. The number of nitro benzene ring substituents is 1. The first-order valence-electron chi connectivity index (χ1n) is 6.40. The summed E-state index contributed by atoms with van der Waals surface area (Å²) >= 11 is 0. The highest BCUT2D eigenvalue weighted by Crippen LogP contribution is 2.39. The van der Waals surface area contributed by atoms with Gasteiger partial charge in [-0.05, 0) is 25.0 Å². The first-order valence-corrected chi connectivity index (χ1v) is 6.40. The van der Waals surface area contributed by atoms with E-state index in [1.807, 2.05) is 0 Å². The van der Waals surface area contributed by atoms with Gasteiger partial charge >= 0.3 is 11.9 Å². The van der Waals surface area contributed by atoms with Crippen molar-refractivity contribution in [1.82, 2.24) is 0 Å². The molecule has 0 radical (unpaired) electrons. The molecule has 1 aromatic carbocycles. The Labute approximate surface area is 118 Å². The minimum atomic E-state index is -4.29. The lowest BCUT2D eigenvalue weighted by molar-refractivity contribution is -0.383. The van der Waals surface area contributed by atoms with E-state index in [0.29, 0.717) is 13.0 Å². The van der Waals surface area contributed by atoms with Gasteiger partial charge in [-0.1, -0.05) is 6.07 Å². The van der Waals surface area contributed by atoms with Crippen LogP contribution in [0.1, 0.15) is 12.8 Å². The Balaban J connectivity index is 2.35. The maximum Gasteiger partial charge on any atom is 0.393 e. The normalized spacial score (nSPS) is 19.4. The summed E-state index contributed by atoms with van der Waals surface area (Å²) in [5.41, 5.74) is 2.14. The molecule has 1 fully saturated rings. The van der Waals surface area contributed by atoms with Crippen LogP contribution in [0.15, 0.2) is 18.2 Å². The number of benzene rings is 1. The Kier molecular flexibility index (Phi) is 4.21. The quantitative estimate of drug-likeness (QED) is 0.509. The zero-order valence-electron chi connectivity index (χ0n) is 11.1. The number of nitrogens with one attached hydrogen (secondary N) is 1. The van der Waals surface area contributed by atoms with Crippen molar-refractivity contribution in [2.45, 2.75) is 19.0 Å². The fraction of sp³-hybridized carbons (Fsp3) is 0.500. The van der Waals surface area contributed by atoms with Crippen molar-refractivity contribution in [1.29, 1.82) is 0 Å². The van der Waals surface area contributed by atoms with Crippen LogP contribution in [0.4, 0.5) is 30.2 Å². The fourth-order valence-electron chi connectivity index (χ4n) is 2.56. The highest BCUT2D eigenvalue weighted by Gasteiger charge is 2.42. The Bertz CT molecular complexity index is 536. The lowest BCUT2D eigenvalue weighted by atomic mass is 9.96. The number of anilines is 2. The third-order valence-corrected chi connectivity index (χ3v) is 3.58. The summed E-state index contributed by atoms with van der Waals surface area (Å²) in [7, 11) is 0. The predicted octanol–water partition coefficient (Wildman–Crippen LogP) is 2.66. The van der Waals surface area contributed by atoms with Crippen LogP contribution in [-0.4, -0.2) is 24.2 Å².